The number of carbonyl (C=O) groups excluding carboxylic acids is 1. The Hall–Kier alpha value is -2.01. The van der Waals surface area contributed by atoms with Crippen molar-refractivity contribution in [2.45, 2.75) is 19.9 Å². The largest absolute Gasteiger partial charge is 0.508 e. The highest BCUT2D eigenvalue weighted by atomic mass is 32.1. The average molecular weight is 291 g/mol. The predicted molar refractivity (Wildman–Crippen MR) is 80.2 cm³/mol. The lowest BCUT2D eigenvalue weighted by atomic mass is 10.2. The second-order valence-electron chi connectivity index (χ2n) is 4.48. The summed E-state index contributed by atoms with van der Waals surface area (Å²) in [4.78, 5) is 13.3. The summed E-state index contributed by atoms with van der Waals surface area (Å²) in [5, 5.41) is 12.9. The van der Waals surface area contributed by atoms with E-state index >= 15 is 0 Å². The fourth-order valence-electron chi connectivity index (χ4n) is 1.74. The quantitative estimate of drug-likeness (QED) is 0.831. The molecule has 0 aliphatic rings. The Morgan fingerprint density at radius 3 is 2.75 bits per heavy atom. The van der Waals surface area contributed by atoms with Gasteiger partial charge >= 0.3 is 5.97 Å². The maximum absolute atomic E-state index is 11.2. The molecule has 2 rings (SSSR count). The van der Waals surface area contributed by atoms with E-state index in [0.717, 1.165) is 21.0 Å². The number of aryl methyl sites for hydroxylation is 1. The molecule has 0 atom stereocenters. The number of anilines is 1. The van der Waals surface area contributed by atoms with Crippen molar-refractivity contribution in [3.63, 3.8) is 0 Å². The fraction of sp³-hybridized carbons (Fsp3) is 0.267. The highest BCUT2D eigenvalue weighted by Crippen LogP contribution is 2.23. The number of rotatable bonds is 5. The van der Waals surface area contributed by atoms with Crippen molar-refractivity contribution in [2.24, 2.45) is 0 Å². The number of esters is 1. The van der Waals surface area contributed by atoms with E-state index in [0.29, 0.717) is 13.0 Å². The van der Waals surface area contributed by atoms with E-state index < -0.39 is 0 Å². The molecule has 2 N–H and O–H groups in total. The van der Waals surface area contributed by atoms with Gasteiger partial charge < -0.3 is 15.2 Å². The third-order valence-electron chi connectivity index (χ3n) is 2.94. The van der Waals surface area contributed by atoms with Gasteiger partial charge in [-0.15, -0.1) is 11.3 Å². The molecule has 2 aromatic rings. The first kappa shape index (κ1) is 14.4. The fourth-order valence-corrected chi connectivity index (χ4v) is 2.68. The van der Waals surface area contributed by atoms with Crippen LogP contribution in [0.3, 0.4) is 0 Å². The molecule has 0 spiro atoms. The van der Waals surface area contributed by atoms with Crippen LogP contribution in [0.1, 0.15) is 15.3 Å². The van der Waals surface area contributed by atoms with Crippen LogP contribution in [0.2, 0.25) is 0 Å². The summed E-state index contributed by atoms with van der Waals surface area (Å²) < 4.78 is 4.64. The van der Waals surface area contributed by atoms with Crippen molar-refractivity contribution >= 4 is 23.0 Å². The number of hydrogen-bond donors (Lipinski definition) is 2. The SMILES string of the molecule is COC(=O)Cc1ccc(CNc2ccc(C)c(O)c2)s1. The first-order valence-electron chi connectivity index (χ1n) is 6.26. The molecule has 0 saturated heterocycles. The molecular formula is C15H17NO3S. The first-order valence-corrected chi connectivity index (χ1v) is 7.08. The lowest BCUT2D eigenvalue weighted by Gasteiger charge is -2.06. The van der Waals surface area contributed by atoms with Gasteiger partial charge in [0, 0.05) is 28.1 Å². The monoisotopic (exact) mass is 291 g/mol. The molecule has 4 nitrogen and oxygen atoms in total. The van der Waals surface area contributed by atoms with Crippen LogP contribution in [-0.2, 0) is 22.5 Å². The third kappa shape index (κ3) is 3.74. The molecule has 1 aromatic carbocycles. The second-order valence-corrected chi connectivity index (χ2v) is 5.73. The van der Waals surface area contributed by atoms with E-state index in [1.54, 1.807) is 17.4 Å². The summed E-state index contributed by atoms with van der Waals surface area (Å²) in [6, 6.07) is 9.43. The molecule has 0 unspecified atom stereocenters. The normalized spacial score (nSPS) is 10.3. The van der Waals surface area contributed by atoms with Crippen molar-refractivity contribution < 1.29 is 14.6 Å². The molecule has 1 heterocycles. The first-order chi connectivity index (χ1) is 9.58. The van der Waals surface area contributed by atoms with Gasteiger partial charge in [0.25, 0.3) is 0 Å². The van der Waals surface area contributed by atoms with Gasteiger partial charge in [-0.25, -0.2) is 0 Å². The number of benzene rings is 1. The minimum atomic E-state index is -0.227. The van der Waals surface area contributed by atoms with Crippen molar-refractivity contribution in [1.82, 2.24) is 0 Å². The number of hydrogen-bond acceptors (Lipinski definition) is 5. The van der Waals surface area contributed by atoms with Crippen molar-refractivity contribution in [3.05, 3.63) is 45.6 Å². The van der Waals surface area contributed by atoms with Crippen LogP contribution in [0, 0.1) is 6.92 Å². The van der Waals surface area contributed by atoms with Crippen LogP contribution in [0.5, 0.6) is 5.75 Å². The zero-order valence-electron chi connectivity index (χ0n) is 11.5. The number of thiophene rings is 1. The molecule has 0 aliphatic heterocycles. The molecule has 0 fully saturated rings. The molecule has 5 heteroatoms. The number of phenolic OH excluding ortho intramolecular Hbond substituents is 1. The van der Waals surface area contributed by atoms with Gasteiger partial charge in [-0.05, 0) is 30.7 Å². The van der Waals surface area contributed by atoms with Crippen LogP contribution >= 0.6 is 11.3 Å². The van der Waals surface area contributed by atoms with Crippen LogP contribution in [0.15, 0.2) is 30.3 Å². The van der Waals surface area contributed by atoms with Crippen LogP contribution in [0.25, 0.3) is 0 Å². The smallest absolute Gasteiger partial charge is 0.310 e. The standard InChI is InChI=1S/C15H17NO3S/c1-10-3-4-11(7-14(10)17)16-9-13-6-5-12(20-13)8-15(18)19-2/h3-7,16-17H,8-9H2,1-2H3. The Balaban J connectivity index is 1.93. The number of aromatic hydroxyl groups is 1. The number of ether oxygens (including phenoxy) is 1. The molecule has 1 aromatic heterocycles. The van der Waals surface area contributed by atoms with Crippen LogP contribution in [0.4, 0.5) is 5.69 Å². The van der Waals surface area contributed by atoms with E-state index in [1.165, 1.54) is 7.11 Å². The van der Waals surface area contributed by atoms with E-state index in [1.807, 2.05) is 31.2 Å². The maximum Gasteiger partial charge on any atom is 0.310 e. The van der Waals surface area contributed by atoms with E-state index in [4.69, 9.17) is 0 Å². The van der Waals surface area contributed by atoms with Crippen molar-refractivity contribution in [2.75, 3.05) is 12.4 Å². The topological polar surface area (TPSA) is 58.6 Å². The summed E-state index contributed by atoms with van der Waals surface area (Å²) in [6.45, 7) is 2.52. The predicted octanol–water partition coefficient (Wildman–Crippen LogP) is 3.09. The summed E-state index contributed by atoms with van der Waals surface area (Å²) in [6.07, 6.45) is 0.312. The summed E-state index contributed by atoms with van der Waals surface area (Å²) in [5.41, 5.74) is 1.73. The molecule has 0 bridgehead atoms. The molecule has 0 radical (unpaired) electrons. The zero-order chi connectivity index (χ0) is 14.5. The highest BCUT2D eigenvalue weighted by Gasteiger charge is 2.06. The molecule has 106 valence electrons. The Morgan fingerprint density at radius 2 is 2.05 bits per heavy atom. The number of nitrogens with one attached hydrogen (secondary N) is 1. The van der Waals surface area contributed by atoms with Gasteiger partial charge in [0.1, 0.15) is 5.75 Å². The lowest BCUT2D eigenvalue weighted by molar-refractivity contribution is -0.139. The van der Waals surface area contributed by atoms with Gasteiger partial charge in [0.15, 0.2) is 0 Å². The minimum absolute atomic E-state index is 0.227. The van der Waals surface area contributed by atoms with Gasteiger partial charge in [0.05, 0.1) is 13.5 Å². The van der Waals surface area contributed by atoms with E-state index in [-0.39, 0.29) is 11.7 Å². The number of methoxy groups -OCH3 is 1. The third-order valence-corrected chi connectivity index (χ3v) is 4.02. The summed E-state index contributed by atoms with van der Waals surface area (Å²) >= 11 is 1.58. The molecule has 0 aliphatic carbocycles. The molecule has 20 heavy (non-hydrogen) atoms. The van der Waals surface area contributed by atoms with Gasteiger partial charge in [-0.1, -0.05) is 6.07 Å². The minimum Gasteiger partial charge on any atom is -0.508 e. The van der Waals surface area contributed by atoms with Crippen molar-refractivity contribution in [3.8, 4) is 5.75 Å². The summed E-state index contributed by atoms with van der Waals surface area (Å²) in [5.74, 6) is 0.0578. The molecule has 0 amide bonds. The van der Waals surface area contributed by atoms with Gasteiger partial charge in [-0.2, -0.15) is 0 Å². The lowest BCUT2D eigenvalue weighted by Crippen LogP contribution is -2.02. The van der Waals surface area contributed by atoms with Crippen LogP contribution in [-0.4, -0.2) is 18.2 Å². The zero-order valence-corrected chi connectivity index (χ0v) is 12.3. The second kappa shape index (κ2) is 6.43. The number of carbonyl (C=O) groups is 1. The molecule has 0 saturated carbocycles. The van der Waals surface area contributed by atoms with Gasteiger partial charge in [0.2, 0.25) is 0 Å². The Morgan fingerprint density at radius 1 is 1.30 bits per heavy atom. The van der Waals surface area contributed by atoms with E-state index in [2.05, 4.69) is 10.1 Å². The number of phenols is 1. The highest BCUT2D eigenvalue weighted by molar-refractivity contribution is 7.12. The van der Waals surface area contributed by atoms with Gasteiger partial charge in [-0.3, -0.25) is 4.79 Å². The van der Waals surface area contributed by atoms with E-state index in [9.17, 15) is 9.90 Å². The van der Waals surface area contributed by atoms with Crippen molar-refractivity contribution in [1.29, 1.82) is 0 Å². The Labute approximate surface area is 122 Å². The Kier molecular flexibility index (Phi) is 4.63. The maximum atomic E-state index is 11.2. The Bertz CT molecular complexity index is 607. The van der Waals surface area contributed by atoms with Crippen LogP contribution < -0.4 is 5.32 Å². The molecular weight excluding hydrogens is 274 g/mol. The average Bonchev–Trinajstić information content (AvgIpc) is 2.87. The summed E-state index contributed by atoms with van der Waals surface area (Å²) in [7, 11) is 1.39.